The highest BCUT2D eigenvalue weighted by atomic mass is 19.1. The number of carbonyl (C=O) groups excluding carboxylic acids is 1. The standard InChI is InChI=1S/C23H19FN4O/c1-15(29)17-8-12-19(13-9-17)26-23-27-21-5-3-2-4-20(21)22(28-23)25-14-16-6-10-18(24)11-7-16/h2-13H,14H2,1H3,(H2,25,26,27,28). The molecule has 1 aromatic heterocycles. The first kappa shape index (κ1) is 18.6. The number of benzene rings is 3. The van der Waals surface area contributed by atoms with E-state index in [1.807, 2.05) is 36.4 Å². The molecular formula is C23H19FN4O. The van der Waals surface area contributed by atoms with Gasteiger partial charge in [0.1, 0.15) is 11.6 Å². The lowest BCUT2D eigenvalue weighted by Crippen LogP contribution is -2.06. The van der Waals surface area contributed by atoms with Crippen LogP contribution in [0, 0.1) is 5.82 Å². The Hall–Kier alpha value is -3.80. The average molecular weight is 386 g/mol. The summed E-state index contributed by atoms with van der Waals surface area (Å²) in [4.78, 5) is 20.6. The number of nitrogens with one attached hydrogen (secondary N) is 2. The molecule has 0 aliphatic rings. The van der Waals surface area contributed by atoms with Gasteiger partial charge in [-0.2, -0.15) is 4.98 Å². The second-order valence-electron chi connectivity index (χ2n) is 6.65. The maximum atomic E-state index is 13.1. The molecule has 0 radical (unpaired) electrons. The summed E-state index contributed by atoms with van der Waals surface area (Å²) in [5.41, 5.74) is 3.18. The zero-order valence-corrected chi connectivity index (χ0v) is 15.8. The Kier molecular flexibility index (Phi) is 5.16. The van der Waals surface area contributed by atoms with Gasteiger partial charge in [-0.05, 0) is 61.0 Å². The van der Waals surface area contributed by atoms with Crippen molar-refractivity contribution < 1.29 is 9.18 Å². The minimum atomic E-state index is -0.261. The molecule has 0 aliphatic heterocycles. The van der Waals surface area contributed by atoms with Gasteiger partial charge < -0.3 is 10.6 Å². The van der Waals surface area contributed by atoms with E-state index in [0.29, 0.717) is 23.9 Å². The highest BCUT2D eigenvalue weighted by Gasteiger charge is 2.08. The Morgan fingerprint density at radius 3 is 2.38 bits per heavy atom. The smallest absolute Gasteiger partial charge is 0.229 e. The van der Waals surface area contributed by atoms with E-state index in [9.17, 15) is 9.18 Å². The quantitative estimate of drug-likeness (QED) is 0.439. The Morgan fingerprint density at radius 2 is 1.66 bits per heavy atom. The van der Waals surface area contributed by atoms with E-state index in [4.69, 9.17) is 0 Å². The van der Waals surface area contributed by atoms with Crippen LogP contribution in [-0.2, 0) is 6.54 Å². The van der Waals surface area contributed by atoms with E-state index < -0.39 is 0 Å². The van der Waals surface area contributed by atoms with Crippen LogP contribution in [0.25, 0.3) is 10.9 Å². The second-order valence-corrected chi connectivity index (χ2v) is 6.65. The Bertz CT molecular complexity index is 1160. The van der Waals surface area contributed by atoms with Crippen molar-refractivity contribution in [2.75, 3.05) is 10.6 Å². The fourth-order valence-corrected chi connectivity index (χ4v) is 2.97. The summed E-state index contributed by atoms with van der Waals surface area (Å²) >= 11 is 0. The van der Waals surface area contributed by atoms with Crippen molar-refractivity contribution in [1.82, 2.24) is 9.97 Å². The topological polar surface area (TPSA) is 66.9 Å². The molecule has 6 heteroatoms. The fraction of sp³-hybridized carbons (Fsp3) is 0.0870. The monoisotopic (exact) mass is 386 g/mol. The summed E-state index contributed by atoms with van der Waals surface area (Å²) < 4.78 is 13.1. The molecule has 0 saturated heterocycles. The largest absolute Gasteiger partial charge is 0.365 e. The number of carbonyl (C=O) groups is 1. The first-order valence-electron chi connectivity index (χ1n) is 9.21. The minimum absolute atomic E-state index is 0.0192. The third kappa shape index (κ3) is 4.38. The van der Waals surface area contributed by atoms with Crippen molar-refractivity contribution in [3.63, 3.8) is 0 Å². The van der Waals surface area contributed by atoms with E-state index >= 15 is 0 Å². The number of nitrogens with zero attached hydrogens (tertiary/aromatic N) is 2. The molecule has 4 aromatic rings. The summed E-state index contributed by atoms with van der Waals surface area (Å²) in [5, 5.41) is 7.40. The molecule has 5 nitrogen and oxygen atoms in total. The van der Waals surface area contributed by atoms with Crippen LogP contribution in [0.15, 0.2) is 72.8 Å². The highest BCUT2D eigenvalue weighted by Crippen LogP contribution is 2.24. The molecule has 4 rings (SSSR count). The molecule has 0 fully saturated rings. The number of fused-ring (bicyclic) bond motifs is 1. The van der Waals surface area contributed by atoms with Crippen LogP contribution < -0.4 is 10.6 Å². The van der Waals surface area contributed by atoms with Gasteiger partial charge in [0.15, 0.2) is 5.78 Å². The van der Waals surface area contributed by atoms with Gasteiger partial charge in [-0.1, -0.05) is 24.3 Å². The van der Waals surface area contributed by atoms with E-state index in [-0.39, 0.29) is 11.6 Å². The van der Waals surface area contributed by atoms with Crippen molar-refractivity contribution in [3.05, 3.63) is 89.7 Å². The van der Waals surface area contributed by atoms with Crippen LogP contribution in [0.1, 0.15) is 22.8 Å². The zero-order valence-electron chi connectivity index (χ0n) is 15.8. The van der Waals surface area contributed by atoms with Crippen molar-refractivity contribution >= 4 is 34.1 Å². The number of hydrogen-bond donors (Lipinski definition) is 2. The van der Waals surface area contributed by atoms with Crippen molar-refractivity contribution in [1.29, 1.82) is 0 Å². The maximum absolute atomic E-state index is 13.1. The van der Waals surface area contributed by atoms with Gasteiger partial charge in [-0.3, -0.25) is 4.79 Å². The molecule has 1 heterocycles. The van der Waals surface area contributed by atoms with Gasteiger partial charge in [0, 0.05) is 23.2 Å². The normalized spacial score (nSPS) is 10.7. The van der Waals surface area contributed by atoms with Crippen LogP contribution in [0.2, 0.25) is 0 Å². The van der Waals surface area contributed by atoms with Gasteiger partial charge in [0.2, 0.25) is 5.95 Å². The molecule has 0 atom stereocenters. The van der Waals surface area contributed by atoms with Gasteiger partial charge >= 0.3 is 0 Å². The number of para-hydroxylation sites is 1. The first-order chi connectivity index (χ1) is 14.1. The Morgan fingerprint density at radius 1 is 0.931 bits per heavy atom. The molecule has 0 bridgehead atoms. The molecule has 0 unspecified atom stereocenters. The minimum Gasteiger partial charge on any atom is -0.365 e. The summed E-state index contributed by atoms with van der Waals surface area (Å²) in [6, 6.07) is 21.2. The van der Waals surface area contributed by atoms with Crippen LogP contribution in [0.3, 0.4) is 0 Å². The molecule has 144 valence electrons. The lowest BCUT2D eigenvalue weighted by atomic mass is 10.1. The average Bonchev–Trinajstić information content (AvgIpc) is 2.73. The summed E-state index contributed by atoms with van der Waals surface area (Å²) in [6.07, 6.45) is 0. The van der Waals surface area contributed by atoms with Crippen molar-refractivity contribution in [2.24, 2.45) is 0 Å². The number of hydrogen-bond acceptors (Lipinski definition) is 5. The molecule has 29 heavy (non-hydrogen) atoms. The number of ketones is 1. The Balaban J connectivity index is 1.61. The molecular weight excluding hydrogens is 367 g/mol. The number of anilines is 3. The predicted molar refractivity (Wildman–Crippen MR) is 113 cm³/mol. The lowest BCUT2D eigenvalue weighted by molar-refractivity contribution is 0.101. The van der Waals surface area contributed by atoms with Gasteiger partial charge in [-0.25, -0.2) is 9.37 Å². The Labute approximate surface area is 167 Å². The van der Waals surface area contributed by atoms with E-state index in [2.05, 4.69) is 20.6 Å². The fourth-order valence-electron chi connectivity index (χ4n) is 2.97. The summed E-state index contributed by atoms with van der Waals surface area (Å²) in [6.45, 7) is 2.04. The highest BCUT2D eigenvalue weighted by molar-refractivity contribution is 5.94. The van der Waals surface area contributed by atoms with Crippen LogP contribution >= 0.6 is 0 Å². The summed E-state index contributed by atoms with van der Waals surface area (Å²) in [7, 11) is 0. The van der Waals surface area contributed by atoms with E-state index in [1.54, 1.807) is 24.3 Å². The van der Waals surface area contributed by atoms with Crippen LogP contribution in [0.4, 0.5) is 21.8 Å². The molecule has 0 saturated carbocycles. The SMILES string of the molecule is CC(=O)c1ccc(Nc2nc(NCc3ccc(F)cc3)c3ccccc3n2)cc1. The summed E-state index contributed by atoms with van der Waals surface area (Å²) in [5.74, 6) is 0.887. The number of rotatable bonds is 6. The number of aromatic nitrogens is 2. The predicted octanol–water partition coefficient (Wildman–Crippen LogP) is 5.33. The van der Waals surface area contributed by atoms with Crippen molar-refractivity contribution in [2.45, 2.75) is 13.5 Å². The molecule has 0 aliphatic carbocycles. The number of halogens is 1. The van der Waals surface area contributed by atoms with E-state index in [1.165, 1.54) is 19.1 Å². The number of Topliss-reactive ketones (excluding diaryl/α,β-unsaturated/α-hetero) is 1. The van der Waals surface area contributed by atoms with E-state index in [0.717, 1.165) is 22.2 Å². The van der Waals surface area contributed by atoms with Gasteiger partial charge in [0.05, 0.1) is 5.52 Å². The molecule has 2 N–H and O–H groups in total. The second kappa shape index (κ2) is 8.06. The van der Waals surface area contributed by atoms with Gasteiger partial charge in [-0.15, -0.1) is 0 Å². The van der Waals surface area contributed by atoms with Crippen LogP contribution in [-0.4, -0.2) is 15.8 Å². The zero-order chi connectivity index (χ0) is 20.2. The van der Waals surface area contributed by atoms with Gasteiger partial charge in [0.25, 0.3) is 0 Å². The first-order valence-corrected chi connectivity index (χ1v) is 9.21. The molecule has 0 amide bonds. The third-order valence-electron chi connectivity index (χ3n) is 4.52. The molecule has 3 aromatic carbocycles. The third-order valence-corrected chi connectivity index (χ3v) is 4.52. The maximum Gasteiger partial charge on any atom is 0.229 e. The van der Waals surface area contributed by atoms with Crippen molar-refractivity contribution in [3.8, 4) is 0 Å². The lowest BCUT2D eigenvalue weighted by Gasteiger charge is -2.12. The van der Waals surface area contributed by atoms with Crippen LogP contribution in [0.5, 0.6) is 0 Å². The molecule has 0 spiro atoms.